The van der Waals surface area contributed by atoms with E-state index in [4.69, 9.17) is 11.6 Å². The molecular formula is C13H16ClN3OS. The molecular weight excluding hydrogens is 282 g/mol. The quantitative estimate of drug-likeness (QED) is 0.910. The smallest absolute Gasteiger partial charge is 0.242 e. The van der Waals surface area contributed by atoms with Crippen LogP contribution in [0, 0.1) is 0 Å². The zero-order valence-electron chi connectivity index (χ0n) is 11.0. The lowest BCUT2D eigenvalue weighted by Crippen LogP contribution is -2.40. The summed E-state index contributed by atoms with van der Waals surface area (Å²) in [6, 6.07) is 5.39. The minimum Gasteiger partial charge on any atom is -0.352 e. The lowest BCUT2D eigenvalue weighted by atomic mass is 10.3. The Balaban J connectivity index is 2.10. The molecule has 1 atom stereocenters. The number of anilines is 1. The molecule has 0 spiro atoms. The molecule has 19 heavy (non-hydrogen) atoms. The van der Waals surface area contributed by atoms with Crippen LogP contribution in [0.2, 0.25) is 5.02 Å². The van der Waals surface area contributed by atoms with Crippen molar-refractivity contribution in [1.82, 2.24) is 10.3 Å². The van der Waals surface area contributed by atoms with E-state index in [0.29, 0.717) is 5.02 Å². The van der Waals surface area contributed by atoms with Crippen LogP contribution in [0.3, 0.4) is 0 Å². The number of carbonyl (C=O) groups is 1. The van der Waals surface area contributed by atoms with E-state index < -0.39 is 0 Å². The summed E-state index contributed by atoms with van der Waals surface area (Å²) in [5.74, 6) is -0.0349. The van der Waals surface area contributed by atoms with Gasteiger partial charge < -0.3 is 10.6 Å². The van der Waals surface area contributed by atoms with Gasteiger partial charge in [0.15, 0.2) is 5.13 Å². The third-order valence-corrected chi connectivity index (χ3v) is 3.72. The summed E-state index contributed by atoms with van der Waals surface area (Å²) in [4.78, 5) is 16.2. The molecule has 4 nitrogen and oxygen atoms in total. The predicted octanol–water partition coefficient (Wildman–Crippen LogP) is 3.27. The Labute approximate surface area is 121 Å². The first-order chi connectivity index (χ1) is 8.95. The van der Waals surface area contributed by atoms with Gasteiger partial charge >= 0.3 is 0 Å². The fourth-order valence-electron chi connectivity index (χ4n) is 1.62. The molecule has 0 aliphatic carbocycles. The van der Waals surface area contributed by atoms with Crippen LogP contribution >= 0.6 is 22.9 Å². The summed E-state index contributed by atoms with van der Waals surface area (Å²) in [6.45, 7) is 5.69. The normalized spacial score (nSPS) is 12.7. The summed E-state index contributed by atoms with van der Waals surface area (Å²) in [7, 11) is 0. The average Bonchev–Trinajstić information content (AvgIpc) is 2.69. The molecule has 1 aromatic carbocycles. The number of benzene rings is 1. The number of hydrogen-bond acceptors (Lipinski definition) is 4. The number of halogens is 1. The minimum absolute atomic E-state index is 0.0349. The first-order valence-corrected chi connectivity index (χ1v) is 7.28. The Morgan fingerprint density at radius 3 is 2.79 bits per heavy atom. The third-order valence-electron chi connectivity index (χ3n) is 2.51. The average molecular weight is 298 g/mol. The molecule has 2 aromatic rings. The van der Waals surface area contributed by atoms with Gasteiger partial charge in [0, 0.05) is 11.1 Å². The van der Waals surface area contributed by atoms with E-state index >= 15 is 0 Å². The van der Waals surface area contributed by atoms with E-state index in [0.717, 1.165) is 15.3 Å². The Morgan fingerprint density at radius 2 is 2.11 bits per heavy atom. The van der Waals surface area contributed by atoms with Crippen molar-refractivity contribution in [3.8, 4) is 0 Å². The maximum atomic E-state index is 11.8. The Bertz CT molecular complexity index is 597. The molecule has 0 bridgehead atoms. The third kappa shape index (κ3) is 3.58. The van der Waals surface area contributed by atoms with Crippen molar-refractivity contribution in [2.45, 2.75) is 32.9 Å². The van der Waals surface area contributed by atoms with Crippen molar-refractivity contribution in [3.05, 3.63) is 23.2 Å². The van der Waals surface area contributed by atoms with Crippen LogP contribution in [0.25, 0.3) is 10.2 Å². The lowest BCUT2D eigenvalue weighted by molar-refractivity contribution is -0.122. The van der Waals surface area contributed by atoms with Crippen LogP contribution in [0.1, 0.15) is 20.8 Å². The standard InChI is InChI=1S/C13H16ClN3OS/c1-7(2)15-12(18)8(3)16-13-17-10-6-9(14)4-5-11(10)19-13/h4-8H,1-3H3,(H,15,18)(H,16,17). The zero-order chi connectivity index (χ0) is 14.0. The van der Waals surface area contributed by atoms with Gasteiger partial charge in [-0.1, -0.05) is 22.9 Å². The number of thiazole rings is 1. The van der Waals surface area contributed by atoms with Crippen LogP contribution in [-0.4, -0.2) is 23.0 Å². The second-order valence-electron chi connectivity index (χ2n) is 4.66. The Hall–Kier alpha value is -1.33. The highest BCUT2D eigenvalue weighted by molar-refractivity contribution is 7.22. The van der Waals surface area contributed by atoms with Gasteiger partial charge in [0.05, 0.1) is 10.2 Å². The Kier molecular flexibility index (Phi) is 4.27. The number of aromatic nitrogens is 1. The van der Waals surface area contributed by atoms with E-state index in [2.05, 4.69) is 15.6 Å². The van der Waals surface area contributed by atoms with Crippen LogP contribution in [-0.2, 0) is 4.79 Å². The molecule has 0 radical (unpaired) electrons. The van der Waals surface area contributed by atoms with Gasteiger partial charge in [-0.2, -0.15) is 0 Å². The summed E-state index contributed by atoms with van der Waals surface area (Å²) in [5.41, 5.74) is 0.844. The topological polar surface area (TPSA) is 54.0 Å². The SMILES string of the molecule is CC(C)NC(=O)C(C)Nc1nc2cc(Cl)ccc2s1. The summed E-state index contributed by atoms with van der Waals surface area (Å²) >= 11 is 7.43. The number of nitrogens with zero attached hydrogens (tertiary/aromatic N) is 1. The molecule has 2 N–H and O–H groups in total. The molecule has 1 unspecified atom stereocenters. The number of fused-ring (bicyclic) bond motifs is 1. The van der Waals surface area contributed by atoms with Crippen LogP contribution < -0.4 is 10.6 Å². The molecule has 1 amide bonds. The fraction of sp³-hybridized carbons (Fsp3) is 0.385. The predicted molar refractivity (Wildman–Crippen MR) is 81.0 cm³/mol. The van der Waals surface area contributed by atoms with Crippen molar-refractivity contribution >= 4 is 44.2 Å². The van der Waals surface area contributed by atoms with Gasteiger partial charge in [-0.15, -0.1) is 0 Å². The first-order valence-electron chi connectivity index (χ1n) is 6.08. The van der Waals surface area contributed by atoms with E-state index in [1.54, 1.807) is 0 Å². The maximum absolute atomic E-state index is 11.8. The zero-order valence-corrected chi connectivity index (χ0v) is 12.6. The summed E-state index contributed by atoms with van der Waals surface area (Å²) < 4.78 is 1.04. The molecule has 0 saturated heterocycles. The highest BCUT2D eigenvalue weighted by Gasteiger charge is 2.15. The molecule has 102 valence electrons. The maximum Gasteiger partial charge on any atom is 0.242 e. The van der Waals surface area contributed by atoms with E-state index in [-0.39, 0.29) is 18.0 Å². The second kappa shape index (κ2) is 5.75. The molecule has 0 fully saturated rings. The molecule has 1 heterocycles. The number of carbonyl (C=O) groups excluding carboxylic acids is 1. The molecule has 2 rings (SSSR count). The van der Waals surface area contributed by atoms with Crippen LogP contribution in [0.5, 0.6) is 0 Å². The van der Waals surface area contributed by atoms with Gasteiger partial charge in [0.1, 0.15) is 6.04 Å². The molecule has 0 aliphatic rings. The lowest BCUT2D eigenvalue weighted by Gasteiger charge is -2.15. The minimum atomic E-state index is -0.321. The van der Waals surface area contributed by atoms with Crippen molar-refractivity contribution in [2.24, 2.45) is 0 Å². The van der Waals surface area contributed by atoms with E-state index in [1.807, 2.05) is 39.0 Å². The molecule has 1 aromatic heterocycles. The molecule has 6 heteroatoms. The highest BCUT2D eigenvalue weighted by Crippen LogP contribution is 2.28. The Morgan fingerprint density at radius 1 is 1.37 bits per heavy atom. The number of nitrogens with one attached hydrogen (secondary N) is 2. The van der Waals surface area contributed by atoms with E-state index in [9.17, 15) is 4.79 Å². The van der Waals surface area contributed by atoms with Crippen LogP contribution in [0.4, 0.5) is 5.13 Å². The van der Waals surface area contributed by atoms with Gasteiger partial charge in [0.25, 0.3) is 0 Å². The fourth-order valence-corrected chi connectivity index (χ4v) is 2.72. The number of rotatable bonds is 4. The van der Waals surface area contributed by atoms with E-state index in [1.165, 1.54) is 11.3 Å². The summed E-state index contributed by atoms with van der Waals surface area (Å²) in [6.07, 6.45) is 0. The summed E-state index contributed by atoms with van der Waals surface area (Å²) in [5, 5.41) is 7.36. The van der Waals surface area contributed by atoms with Crippen LogP contribution in [0.15, 0.2) is 18.2 Å². The van der Waals surface area contributed by atoms with Crippen molar-refractivity contribution in [1.29, 1.82) is 0 Å². The van der Waals surface area contributed by atoms with Crippen molar-refractivity contribution < 1.29 is 4.79 Å². The van der Waals surface area contributed by atoms with Gasteiger partial charge in [-0.3, -0.25) is 4.79 Å². The van der Waals surface area contributed by atoms with Gasteiger partial charge in [0.2, 0.25) is 5.91 Å². The van der Waals surface area contributed by atoms with Crippen molar-refractivity contribution in [3.63, 3.8) is 0 Å². The largest absolute Gasteiger partial charge is 0.352 e. The van der Waals surface area contributed by atoms with Gasteiger partial charge in [-0.25, -0.2) is 4.98 Å². The molecule has 0 saturated carbocycles. The second-order valence-corrected chi connectivity index (χ2v) is 6.13. The first kappa shape index (κ1) is 14.1. The monoisotopic (exact) mass is 297 g/mol. The number of amides is 1. The number of hydrogen-bond donors (Lipinski definition) is 2. The highest BCUT2D eigenvalue weighted by atomic mass is 35.5. The van der Waals surface area contributed by atoms with Crippen molar-refractivity contribution in [2.75, 3.05) is 5.32 Å². The molecule has 0 aliphatic heterocycles. The van der Waals surface area contributed by atoms with Gasteiger partial charge in [-0.05, 0) is 39.0 Å².